The number of hydrogen-bond donors (Lipinski definition) is 1. The fourth-order valence-electron chi connectivity index (χ4n) is 2.87. The number of halogens is 1. The van der Waals surface area contributed by atoms with Gasteiger partial charge in [0.05, 0.1) is 6.04 Å². The smallest absolute Gasteiger partial charge is 0.109 e. The number of rotatable bonds is 5. The van der Waals surface area contributed by atoms with Crippen molar-refractivity contribution in [3.63, 3.8) is 0 Å². The minimum Gasteiger partial charge on any atom is -0.305 e. The van der Waals surface area contributed by atoms with Crippen LogP contribution >= 0.6 is 22.9 Å². The van der Waals surface area contributed by atoms with Crippen LogP contribution in [0.5, 0.6) is 0 Å². The van der Waals surface area contributed by atoms with Gasteiger partial charge in [0.25, 0.3) is 0 Å². The summed E-state index contributed by atoms with van der Waals surface area (Å²) in [6, 6.07) is 9.24. The van der Waals surface area contributed by atoms with Crippen LogP contribution in [0.15, 0.2) is 30.5 Å². The Labute approximate surface area is 135 Å². The van der Waals surface area contributed by atoms with Crippen molar-refractivity contribution < 1.29 is 0 Å². The number of nitrogens with one attached hydrogen (secondary N) is 1. The maximum absolute atomic E-state index is 5.94. The first-order valence-corrected chi connectivity index (χ1v) is 8.81. The van der Waals surface area contributed by atoms with E-state index in [2.05, 4.69) is 36.3 Å². The Kier molecular flexibility index (Phi) is 4.63. The molecule has 112 valence electrons. The molecule has 1 heterocycles. The highest BCUT2D eigenvalue weighted by molar-refractivity contribution is 7.11. The average molecular weight is 321 g/mol. The van der Waals surface area contributed by atoms with E-state index in [1.165, 1.54) is 28.3 Å². The van der Waals surface area contributed by atoms with Crippen LogP contribution in [-0.2, 0) is 6.42 Å². The highest BCUT2D eigenvalue weighted by Crippen LogP contribution is 2.38. The van der Waals surface area contributed by atoms with Gasteiger partial charge in [0, 0.05) is 22.1 Å². The minimum absolute atomic E-state index is 0.353. The number of aryl methyl sites for hydroxylation is 1. The van der Waals surface area contributed by atoms with Gasteiger partial charge in [-0.2, -0.15) is 0 Å². The van der Waals surface area contributed by atoms with Crippen molar-refractivity contribution in [3.05, 3.63) is 50.9 Å². The van der Waals surface area contributed by atoms with Gasteiger partial charge in [-0.25, -0.2) is 4.98 Å². The van der Waals surface area contributed by atoms with Gasteiger partial charge in [-0.3, -0.25) is 0 Å². The summed E-state index contributed by atoms with van der Waals surface area (Å²) in [5.41, 5.74) is 1.41. The lowest BCUT2D eigenvalue weighted by molar-refractivity contribution is 0.270. The molecular formula is C17H21ClN2S. The molecule has 3 rings (SSSR count). The molecule has 21 heavy (non-hydrogen) atoms. The number of thiazole rings is 1. The van der Waals surface area contributed by atoms with Gasteiger partial charge in [0.1, 0.15) is 5.01 Å². The Balaban J connectivity index is 1.51. The first-order chi connectivity index (χ1) is 10.2. The summed E-state index contributed by atoms with van der Waals surface area (Å²) in [6.07, 6.45) is 5.50. The summed E-state index contributed by atoms with van der Waals surface area (Å²) in [5, 5.41) is 5.73. The highest BCUT2D eigenvalue weighted by atomic mass is 35.5. The highest BCUT2D eigenvalue weighted by Gasteiger charge is 2.31. The Morgan fingerprint density at radius 2 is 2.05 bits per heavy atom. The predicted octanol–water partition coefficient (Wildman–Crippen LogP) is 4.96. The summed E-state index contributed by atoms with van der Waals surface area (Å²) in [7, 11) is 0. The molecule has 1 aliphatic rings. The summed E-state index contributed by atoms with van der Waals surface area (Å²) in [5.74, 6) is 0.675. The second-order valence-corrected chi connectivity index (χ2v) is 7.41. The molecule has 0 bridgehead atoms. The van der Waals surface area contributed by atoms with Crippen LogP contribution < -0.4 is 5.32 Å². The van der Waals surface area contributed by atoms with E-state index in [4.69, 9.17) is 11.6 Å². The van der Waals surface area contributed by atoms with Crippen LogP contribution in [0, 0.1) is 0 Å². The van der Waals surface area contributed by atoms with E-state index in [0.717, 1.165) is 11.4 Å². The van der Waals surface area contributed by atoms with E-state index in [-0.39, 0.29) is 0 Å². The van der Waals surface area contributed by atoms with Gasteiger partial charge >= 0.3 is 0 Å². The summed E-state index contributed by atoms with van der Waals surface area (Å²) >= 11 is 7.77. The molecule has 2 nitrogen and oxygen atoms in total. The summed E-state index contributed by atoms with van der Waals surface area (Å²) in [6.45, 7) is 4.39. The fraction of sp³-hybridized carbons (Fsp3) is 0.471. The van der Waals surface area contributed by atoms with Gasteiger partial charge in [0.2, 0.25) is 0 Å². The number of nitrogens with zero attached hydrogens (tertiary/aromatic N) is 1. The maximum atomic E-state index is 5.94. The lowest BCUT2D eigenvalue weighted by Crippen LogP contribution is -2.41. The lowest BCUT2D eigenvalue weighted by atomic mass is 9.75. The second-order valence-electron chi connectivity index (χ2n) is 5.82. The molecule has 0 radical (unpaired) electrons. The predicted molar refractivity (Wildman–Crippen MR) is 90.3 cm³/mol. The van der Waals surface area contributed by atoms with E-state index in [9.17, 15) is 0 Å². The van der Waals surface area contributed by atoms with Crippen molar-refractivity contribution in [3.8, 4) is 0 Å². The zero-order valence-corrected chi connectivity index (χ0v) is 14.0. The van der Waals surface area contributed by atoms with Crippen LogP contribution in [0.1, 0.15) is 54.1 Å². The quantitative estimate of drug-likeness (QED) is 0.842. The Bertz CT molecular complexity index is 587. The molecule has 1 aromatic heterocycles. The van der Waals surface area contributed by atoms with E-state index >= 15 is 0 Å². The first kappa shape index (κ1) is 15.0. The zero-order valence-electron chi connectivity index (χ0n) is 12.5. The Morgan fingerprint density at radius 3 is 2.67 bits per heavy atom. The molecule has 1 N–H and O–H groups in total. The third-order valence-electron chi connectivity index (χ3n) is 4.26. The van der Waals surface area contributed by atoms with Crippen molar-refractivity contribution in [1.29, 1.82) is 0 Å². The van der Waals surface area contributed by atoms with Crippen LogP contribution in [-0.4, -0.2) is 11.0 Å². The van der Waals surface area contributed by atoms with Crippen molar-refractivity contribution in [1.82, 2.24) is 10.3 Å². The molecule has 1 unspecified atom stereocenters. The van der Waals surface area contributed by atoms with Crippen molar-refractivity contribution in [2.45, 2.75) is 51.1 Å². The summed E-state index contributed by atoms with van der Waals surface area (Å²) < 4.78 is 0. The second kappa shape index (κ2) is 6.47. The van der Waals surface area contributed by atoms with Gasteiger partial charge in [-0.05, 0) is 49.8 Å². The monoisotopic (exact) mass is 320 g/mol. The van der Waals surface area contributed by atoms with Gasteiger partial charge in [-0.15, -0.1) is 11.3 Å². The van der Waals surface area contributed by atoms with E-state index in [0.29, 0.717) is 18.0 Å². The fourth-order valence-corrected chi connectivity index (χ4v) is 3.87. The van der Waals surface area contributed by atoms with E-state index < -0.39 is 0 Å². The lowest BCUT2D eigenvalue weighted by Gasteiger charge is -2.37. The average Bonchev–Trinajstić information content (AvgIpc) is 2.92. The topological polar surface area (TPSA) is 24.9 Å². The molecule has 2 aromatic rings. The molecular weight excluding hydrogens is 300 g/mol. The van der Waals surface area contributed by atoms with Gasteiger partial charge in [-0.1, -0.05) is 30.7 Å². The molecule has 1 atom stereocenters. The normalized spacial score (nSPS) is 22.8. The molecule has 0 spiro atoms. The third kappa shape index (κ3) is 3.47. The Morgan fingerprint density at radius 1 is 1.33 bits per heavy atom. The standard InChI is InChI=1S/C17H21ClN2S/c1-3-16-10-19-17(21-16)11(2)20-15-8-13(9-15)12-4-6-14(18)7-5-12/h4-7,10-11,13,15,20H,3,8-9H2,1-2H3. The molecule has 1 aromatic carbocycles. The maximum Gasteiger partial charge on any atom is 0.109 e. The Hall–Kier alpha value is -0.900. The number of aromatic nitrogens is 1. The van der Waals surface area contributed by atoms with Gasteiger partial charge < -0.3 is 5.32 Å². The third-order valence-corrected chi connectivity index (χ3v) is 5.83. The van der Waals surface area contributed by atoms with Crippen LogP contribution in [0.2, 0.25) is 5.02 Å². The van der Waals surface area contributed by atoms with Gasteiger partial charge in [0.15, 0.2) is 0 Å². The summed E-state index contributed by atoms with van der Waals surface area (Å²) in [4.78, 5) is 5.89. The molecule has 1 saturated carbocycles. The molecule has 0 amide bonds. The van der Waals surface area contributed by atoms with Crippen molar-refractivity contribution >= 4 is 22.9 Å². The molecule has 1 fully saturated rings. The number of benzene rings is 1. The minimum atomic E-state index is 0.353. The molecule has 4 heteroatoms. The molecule has 0 saturated heterocycles. The zero-order chi connectivity index (χ0) is 14.8. The van der Waals surface area contributed by atoms with Crippen LogP contribution in [0.3, 0.4) is 0 Å². The largest absolute Gasteiger partial charge is 0.305 e. The number of hydrogen-bond acceptors (Lipinski definition) is 3. The van der Waals surface area contributed by atoms with Crippen molar-refractivity contribution in [2.75, 3.05) is 0 Å². The van der Waals surface area contributed by atoms with E-state index in [1.807, 2.05) is 29.7 Å². The van der Waals surface area contributed by atoms with E-state index in [1.54, 1.807) is 0 Å². The molecule has 0 aliphatic heterocycles. The molecule has 1 aliphatic carbocycles. The van der Waals surface area contributed by atoms with Crippen LogP contribution in [0.25, 0.3) is 0 Å². The first-order valence-electron chi connectivity index (χ1n) is 7.61. The van der Waals surface area contributed by atoms with Crippen molar-refractivity contribution in [2.24, 2.45) is 0 Å². The SMILES string of the molecule is CCc1cnc(C(C)NC2CC(c3ccc(Cl)cc3)C2)s1. The van der Waals surface area contributed by atoms with Crippen LogP contribution in [0.4, 0.5) is 0 Å².